The van der Waals surface area contributed by atoms with E-state index in [9.17, 15) is 0 Å². The van der Waals surface area contributed by atoms with Gasteiger partial charge in [0.25, 0.3) is 0 Å². The molecular weight excluding hydrogens is 1040 g/mol. The van der Waals surface area contributed by atoms with E-state index in [-0.39, 0.29) is 32.5 Å². The maximum Gasteiger partial charge on any atom is 0.137 e. The van der Waals surface area contributed by atoms with E-state index in [1.807, 2.05) is 17.5 Å². The summed E-state index contributed by atoms with van der Waals surface area (Å²) in [6.07, 6.45) is 1.96. The van der Waals surface area contributed by atoms with Crippen molar-refractivity contribution in [1.29, 1.82) is 0 Å². The minimum atomic E-state index is -0.138. The molecule has 11 aromatic rings. The van der Waals surface area contributed by atoms with Crippen LogP contribution >= 0.6 is 11.3 Å². The van der Waals surface area contributed by atoms with E-state index < -0.39 is 0 Å². The molecule has 1 aliphatic rings. The fourth-order valence-electron chi connectivity index (χ4n) is 12.2. The number of thiophene rings is 1. The highest BCUT2D eigenvalue weighted by Crippen LogP contribution is 2.53. The van der Waals surface area contributed by atoms with Crippen LogP contribution in [0.25, 0.3) is 70.0 Å². The lowest BCUT2D eigenvalue weighted by atomic mass is 9.76. The Morgan fingerprint density at radius 3 is 1.49 bits per heavy atom. The maximum absolute atomic E-state index is 7.08. The van der Waals surface area contributed by atoms with Crippen LogP contribution in [0.1, 0.15) is 158 Å². The predicted octanol–water partition coefficient (Wildman–Crippen LogP) is 22.7. The van der Waals surface area contributed by atoms with E-state index in [4.69, 9.17) is 9.72 Å². The molecule has 0 saturated heterocycles. The molecule has 4 heterocycles. The van der Waals surface area contributed by atoms with Gasteiger partial charge in [-0.25, -0.2) is 4.98 Å². The summed E-state index contributed by atoms with van der Waals surface area (Å²) in [6, 6.07) is 61.9. The van der Waals surface area contributed by atoms with Crippen LogP contribution in [0, 0.1) is 0 Å². The number of para-hydroxylation sites is 2. The standard InChI is InChI=1S/C78H84N4OS/c1-73(2,3)50-34-35-79-69(44-50)82-66-46-58(30-31-59(66)60-32-33-68-70(72(60)82)61-26-19-22-29-67(61)84-68)83-57-25-23-24-56(45-57)80-47-81(65-28-21-20-27-64(65)80)71-62(48-36-51(74(4,5)6)40-52(37-48)75(7,8)9)42-55(78(16,17)18)43-63(71)49-38-53(76(10,11)12)41-54(39-49)77(13,14)15/h19-46H,47H2,1-18H3. The van der Waals surface area contributed by atoms with Gasteiger partial charge in [-0.05, 0) is 150 Å². The Morgan fingerprint density at radius 2 is 0.917 bits per heavy atom. The van der Waals surface area contributed by atoms with E-state index in [0.29, 0.717) is 6.67 Å². The Bertz CT molecular complexity index is 4230. The van der Waals surface area contributed by atoms with Gasteiger partial charge >= 0.3 is 0 Å². The number of nitrogens with zero attached hydrogens (tertiary/aromatic N) is 4. The van der Waals surface area contributed by atoms with Crippen LogP contribution < -0.4 is 14.5 Å². The molecule has 0 amide bonds. The number of hydrogen-bond donors (Lipinski definition) is 0. The van der Waals surface area contributed by atoms with Crippen molar-refractivity contribution in [2.75, 3.05) is 16.5 Å². The zero-order chi connectivity index (χ0) is 59.8. The quantitative estimate of drug-likeness (QED) is 0.159. The van der Waals surface area contributed by atoms with Crippen molar-refractivity contribution in [3.8, 4) is 39.6 Å². The first-order valence-corrected chi connectivity index (χ1v) is 31.0. The van der Waals surface area contributed by atoms with Crippen LogP contribution in [-0.4, -0.2) is 16.2 Å². The molecule has 1 aliphatic heterocycles. The van der Waals surface area contributed by atoms with Gasteiger partial charge in [-0.1, -0.05) is 203 Å². The molecule has 0 fully saturated rings. The molecule has 0 unspecified atom stereocenters. The molecule has 0 atom stereocenters. The first-order valence-electron chi connectivity index (χ1n) is 30.2. The fourth-order valence-corrected chi connectivity index (χ4v) is 13.3. The van der Waals surface area contributed by atoms with Crippen molar-refractivity contribution >= 4 is 76.1 Å². The highest BCUT2D eigenvalue weighted by atomic mass is 32.1. The number of benzene rings is 8. The second kappa shape index (κ2) is 20.0. The summed E-state index contributed by atoms with van der Waals surface area (Å²) in [4.78, 5) is 10.2. The number of aromatic nitrogens is 2. The van der Waals surface area contributed by atoms with E-state index in [2.05, 4.69) is 303 Å². The van der Waals surface area contributed by atoms with Crippen molar-refractivity contribution in [3.63, 3.8) is 0 Å². The lowest BCUT2D eigenvalue weighted by molar-refractivity contribution is 0.483. The first-order chi connectivity index (χ1) is 39.4. The molecule has 0 aliphatic carbocycles. The fraction of sp³-hybridized carbons (Fsp3) is 0.321. The summed E-state index contributed by atoms with van der Waals surface area (Å²) in [6.45, 7) is 42.7. The first kappa shape index (κ1) is 56.8. The number of rotatable bonds is 7. The number of fused-ring (bicyclic) bond motifs is 8. The van der Waals surface area contributed by atoms with E-state index in [1.165, 1.54) is 92.4 Å². The SMILES string of the molecule is CC(C)(C)c1cc(-c2cc(C(C)(C)C)cc(-c3cc(C(C)(C)C)cc(C(C)(C)C)c3)c2N2CN(c3cccc(Oc4ccc5c6ccc7sc8ccccc8c7c6n(-c6cc(C(C)(C)C)ccn6)c5c4)c3)c3ccccc32)cc(C(C)(C)C)c1. The van der Waals surface area contributed by atoms with Crippen LogP contribution in [-0.2, 0) is 32.5 Å². The second-order valence-electron chi connectivity index (χ2n) is 30.0. The molecular formula is C78H84N4OS. The maximum atomic E-state index is 7.08. The third-order valence-corrected chi connectivity index (χ3v) is 18.5. The predicted molar refractivity (Wildman–Crippen MR) is 363 cm³/mol. The van der Waals surface area contributed by atoms with E-state index in [1.54, 1.807) is 0 Å². The number of pyridine rings is 1. The van der Waals surface area contributed by atoms with Crippen molar-refractivity contribution in [1.82, 2.24) is 9.55 Å². The summed E-state index contributed by atoms with van der Waals surface area (Å²) in [5, 5.41) is 4.88. The molecule has 6 heteroatoms. The average Bonchev–Trinajstić information content (AvgIpc) is 1.74. The minimum Gasteiger partial charge on any atom is -0.457 e. The summed E-state index contributed by atoms with van der Waals surface area (Å²) in [5.74, 6) is 2.43. The largest absolute Gasteiger partial charge is 0.457 e. The normalized spacial score (nSPS) is 13.7. The number of hydrogen-bond acceptors (Lipinski definition) is 5. The highest BCUT2D eigenvalue weighted by molar-refractivity contribution is 7.26. The van der Waals surface area contributed by atoms with Gasteiger partial charge in [0.1, 0.15) is 24.0 Å². The van der Waals surface area contributed by atoms with Gasteiger partial charge in [-0.3, -0.25) is 4.57 Å². The zero-order valence-electron chi connectivity index (χ0n) is 53.0. The second-order valence-corrected chi connectivity index (χ2v) is 31.0. The molecule has 0 spiro atoms. The molecule has 12 rings (SSSR count). The highest BCUT2D eigenvalue weighted by Gasteiger charge is 2.35. The molecule has 0 bridgehead atoms. The van der Waals surface area contributed by atoms with Crippen LogP contribution in [0.2, 0.25) is 0 Å². The van der Waals surface area contributed by atoms with Crippen molar-refractivity contribution in [2.24, 2.45) is 0 Å². The van der Waals surface area contributed by atoms with Gasteiger partial charge in [0, 0.05) is 66.1 Å². The van der Waals surface area contributed by atoms with Gasteiger partial charge in [-0.2, -0.15) is 0 Å². The molecule has 8 aromatic carbocycles. The van der Waals surface area contributed by atoms with Gasteiger partial charge in [-0.15, -0.1) is 11.3 Å². The zero-order valence-corrected chi connectivity index (χ0v) is 53.8. The Balaban J connectivity index is 1.02. The van der Waals surface area contributed by atoms with Crippen LogP contribution in [0.15, 0.2) is 170 Å². The van der Waals surface area contributed by atoms with Crippen molar-refractivity contribution in [3.05, 3.63) is 203 Å². The number of anilines is 4. The summed E-state index contributed by atoms with van der Waals surface area (Å²) < 4.78 is 12.0. The molecule has 0 N–H and O–H groups in total. The monoisotopic (exact) mass is 1120 g/mol. The third kappa shape index (κ3) is 10.4. The Hall–Kier alpha value is -7.67. The van der Waals surface area contributed by atoms with Gasteiger partial charge < -0.3 is 14.5 Å². The lowest BCUT2D eigenvalue weighted by Gasteiger charge is -2.32. The molecule has 428 valence electrons. The lowest BCUT2D eigenvalue weighted by Crippen LogP contribution is -2.25. The topological polar surface area (TPSA) is 33.5 Å². The molecule has 84 heavy (non-hydrogen) atoms. The Labute approximate surface area is 504 Å². The molecule has 5 nitrogen and oxygen atoms in total. The van der Waals surface area contributed by atoms with Gasteiger partial charge in [0.2, 0.25) is 0 Å². The van der Waals surface area contributed by atoms with Crippen LogP contribution in [0.5, 0.6) is 11.5 Å². The minimum absolute atomic E-state index is 0.0586. The average molecular weight is 1130 g/mol. The summed E-state index contributed by atoms with van der Waals surface area (Å²) in [7, 11) is 0. The molecule has 0 saturated carbocycles. The van der Waals surface area contributed by atoms with Crippen molar-refractivity contribution < 1.29 is 4.74 Å². The van der Waals surface area contributed by atoms with Crippen LogP contribution in [0.4, 0.5) is 22.7 Å². The Kier molecular flexibility index (Phi) is 13.5. The van der Waals surface area contributed by atoms with Crippen LogP contribution in [0.3, 0.4) is 0 Å². The summed E-state index contributed by atoms with van der Waals surface area (Å²) in [5.41, 5.74) is 19.2. The summed E-state index contributed by atoms with van der Waals surface area (Å²) >= 11 is 1.85. The van der Waals surface area contributed by atoms with Gasteiger partial charge in [0.15, 0.2) is 0 Å². The van der Waals surface area contributed by atoms with Gasteiger partial charge in [0.05, 0.1) is 28.1 Å². The third-order valence-electron chi connectivity index (χ3n) is 17.4. The number of ether oxygens (including phenoxy) is 1. The van der Waals surface area contributed by atoms with E-state index in [0.717, 1.165) is 45.3 Å². The molecule has 0 radical (unpaired) electrons. The molecule has 3 aromatic heterocycles. The smallest absolute Gasteiger partial charge is 0.137 e. The van der Waals surface area contributed by atoms with E-state index >= 15 is 0 Å². The van der Waals surface area contributed by atoms with Crippen molar-refractivity contribution in [2.45, 2.75) is 157 Å². The Morgan fingerprint density at radius 1 is 0.405 bits per heavy atom.